The number of aliphatic carboxylic acids is 1. The highest BCUT2D eigenvalue weighted by molar-refractivity contribution is 8.76. The molecule has 76 heavy (non-hydrogen) atoms. The van der Waals surface area contributed by atoms with Gasteiger partial charge in [0.15, 0.2) is 17.9 Å². The number of rotatable bonds is 18. The van der Waals surface area contributed by atoms with Crippen molar-refractivity contribution in [1.82, 2.24) is 42.1 Å². The minimum absolute atomic E-state index is 0.00867. The van der Waals surface area contributed by atoms with Crippen LogP contribution in [0.3, 0.4) is 0 Å². The first kappa shape index (κ1) is 65.3. The summed E-state index contributed by atoms with van der Waals surface area (Å²) in [5.74, 6) is -11.6. The molecule has 30 nitrogen and oxygen atoms in total. The molecule has 0 unspecified atom stereocenters. The third-order valence-electron chi connectivity index (χ3n) is 12.2. The second-order valence-electron chi connectivity index (χ2n) is 18.6. The minimum Gasteiger partial charge on any atom is -0.480 e. The van der Waals surface area contributed by atoms with Crippen molar-refractivity contribution in [2.24, 2.45) is 72.7 Å². The summed E-state index contributed by atoms with van der Waals surface area (Å²) in [6.07, 6.45) is 0.298. The van der Waals surface area contributed by atoms with E-state index in [0.717, 1.165) is 21.6 Å². The minimum atomic E-state index is -1.73. The summed E-state index contributed by atoms with van der Waals surface area (Å²) in [4.78, 5) is 151. The van der Waals surface area contributed by atoms with Gasteiger partial charge in [0.1, 0.15) is 48.3 Å². The van der Waals surface area contributed by atoms with Crippen LogP contribution in [0.1, 0.15) is 91.9 Å². The van der Waals surface area contributed by atoms with Crippen LogP contribution in [0.15, 0.2) is 15.0 Å². The van der Waals surface area contributed by atoms with Gasteiger partial charge >= 0.3 is 5.97 Å². The Kier molecular flexibility index (Phi) is 28.6. The molecule has 24 N–H and O–H groups in total. The van der Waals surface area contributed by atoms with Crippen LogP contribution >= 0.6 is 21.6 Å². The highest BCUT2D eigenvalue weighted by Crippen LogP contribution is 2.24. The molecule has 9 amide bonds. The van der Waals surface area contributed by atoms with E-state index in [1.807, 2.05) is 0 Å². The summed E-state index contributed by atoms with van der Waals surface area (Å²) in [5.41, 5.74) is 44.8. The molecule has 0 aromatic rings. The van der Waals surface area contributed by atoms with E-state index in [4.69, 9.17) is 45.9 Å². The van der Waals surface area contributed by atoms with Gasteiger partial charge in [-0.15, -0.1) is 0 Å². The smallest absolute Gasteiger partial charge is 0.327 e. The predicted octanol–water partition coefficient (Wildman–Crippen LogP) is -6.08. The lowest BCUT2D eigenvalue weighted by molar-refractivity contribution is -0.142. The van der Waals surface area contributed by atoms with Crippen LogP contribution in [0, 0.1) is 11.8 Å². The standard InChI is InChI=1S/C44H79N19O11S2/c1-5-22(4)32-39(71)60-28(41(73)74)20-76-75-19-23(45)33(65)58-26(12-8-16-55-44(51)52)40(72)63-17-9-13-29(63)37(69)56-25(11-7-15-54-43(49)50)35(67)61-31(21(2)3)38(70)57-24(10-6-14-53-42(47)48)34(66)59-27(18-30(46)64)36(68)62-32/h21-29,31-32H,5-20,45H2,1-4H3,(H2,46,64)(H,56,69)(H,57,70)(H,58,65)(H,59,66)(H,60,71)(H,61,67)(H,62,68)(H,73,74)(H4,47,48,53)(H4,49,50,54)(H4,51,52,55)/t22-,23-,24-,25-,26-,27-,28-,29-,31-,32-/m0/s1. The molecular weight excluding hydrogens is 1030 g/mol. The second kappa shape index (κ2) is 33.3. The zero-order chi connectivity index (χ0) is 57.2. The Morgan fingerprint density at radius 1 is 0.605 bits per heavy atom. The highest BCUT2D eigenvalue weighted by atomic mass is 33.1. The first-order valence-corrected chi connectivity index (χ1v) is 27.4. The quantitative estimate of drug-likeness (QED) is 0.0263. The molecule has 0 aliphatic carbocycles. The fourth-order valence-corrected chi connectivity index (χ4v) is 10.1. The van der Waals surface area contributed by atoms with E-state index in [-0.39, 0.29) is 107 Å². The number of carboxylic acids is 1. The molecule has 0 bridgehead atoms. The molecule has 2 rings (SSSR count). The van der Waals surface area contributed by atoms with Crippen LogP contribution in [0.5, 0.6) is 0 Å². The predicted molar refractivity (Wildman–Crippen MR) is 287 cm³/mol. The summed E-state index contributed by atoms with van der Waals surface area (Å²) in [6, 6.07) is -12.5. The summed E-state index contributed by atoms with van der Waals surface area (Å²) in [7, 11) is 1.97. The molecule has 2 aliphatic heterocycles. The number of fused-ring (bicyclic) bond motifs is 1. The Balaban J connectivity index is 2.75. The monoisotopic (exact) mass is 1110 g/mol. The summed E-state index contributed by atoms with van der Waals surface area (Å²) < 4.78 is 0. The molecular formula is C44H79N19O11S2. The number of carbonyl (C=O) groups is 10. The summed E-state index contributed by atoms with van der Waals surface area (Å²) in [5, 5.41) is 28.1. The van der Waals surface area contributed by atoms with E-state index < -0.39 is 132 Å². The van der Waals surface area contributed by atoms with Crippen molar-refractivity contribution in [3.8, 4) is 0 Å². The topological polar surface area (TPSA) is 524 Å². The number of hydrogen-bond donors (Lipinski definition) is 16. The van der Waals surface area contributed by atoms with E-state index in [1.54, 1.807) is 27.7 Å². The number of aliphatic imine (C=N–C) groups is 3. The largest absolute Gasteiger partial charge is 0.480 e. The number of nitrogens with two attached hydrogens (primary N) is 8. The molecule has 2 fully saturated rings. The molecule has 0 aromatic heterocycles. The van der Waals surface area contributed by atoms with Gasteiger partial charge in [0, 0.05) is 37.7 Å². The van der Waals surface area contributed by atoms with Crippen LogP contribution in [0.2, 0.25) is 0 Å². The second-order valence-corrected chi connectivity index (χ2v) is 21.2. The zero-order valence-electron chi connectivity index (χ0n) is 43.4. The van der Waals surface area contributed by atoms with Gasteiger partial charge in [0.2, 0.25) is 53.2 Å². The maximum atomic E-state index is 14.4. The fraction of sp³-hybridized carbons (Fsp3) is 0.705. The highest BCUT2D eigenvalue weighted by Gasteiger charge is 2.41. The molecule has 2 aliphatic rings. The molecule has 2 saturated heterocycles. The molecule has 10 atom stereocenters. The van der Waals surface area contributed by atoms with E-state index in [1.165, 1.54) is 4.90 Å². The van der Waals surface area contributed by atoms with Gasteiger partial charge in [-0.3, -0.25) is 58.1 Å². The van der Waals surface area contributed by atoms with Crippen molar-refractivity contribution in [3.05, 3.63) is 0 Å². The molecule has 2 heterocycles. The van der Waals surface area contributed by atoms with E-state index in [0.29, 0.717) is 6.42 Å². The van der Waals surface area contributed by atoms with E-state index >= 15 is 0 Å². The Bertz CT molecular complexity index is 2120. The third-order valence-corrected chi connectivity index (χ3v) is 14.6. The normalized spacial score (nSPS) is 25.7. The van der Waals surface area contributed by atoms with Crippen molar-refractivity contribution < 1.29 is 53.1 Å². The van der Waals surface area contributed by atoms with Crippen LogP contribution in [-0.2, 0) is 47.9 Å². The van der Waals surface area contributed by atoms with Crippen molar-refractivity contribution in [3.63, 3.8) is 0 Å². The average molecular weight is 1110 g/mol. The van der Waals surface area contributed by atoms with Crippen LogP contribution < -0.4 is 83.1 Å². The molecule has 0 radical (unpaired) electrons. The molecule has 428 valence electrons. The number of carbonyl (C=O) groups excluding carboxylic acids is 9. The Morgan fingerprint density at radius 3 is 1.55 bits per heavy atom. The van der Waals surface area contributed by atoms with Gasteiger partial charge in [-0.05, 0) is 63.2 Å². The van der Waals surface area contributed by atoms with Gasteiger partial charge in [0.25, 0.3) is 0 Å². The first-order chi connectivity index (χ1) is 35.8. The van der Waals surface area contributed by atoms with Crippen LogP contribution in [0.4, 0.5) is 0 Å². The van der Waals surface area contributed by atoms with Crippen molar-refractivity contribution in [1.29, 1.82) is 0 Å². The number of hydrogen-bond acceptors (Lipinski definition) is 16. The van der Waals surface area contributed by atoms with Gasteiger partial charge in [-0.25, -0.2) is 4.79 Å². The van der Waals surface area contributed by atoms with Crippen LogP contribution in [-0.4, -0.2) is 179 Å². The number of guanidine groups is 3. The number of primary amides is 1. The summed E-state index contributed by atoms with van der Waals surface area (Å²) in [6.45, 7) is 6.73. The number of nitrogens with zero attached hydrogens (tertiary/aromatic N) is 4. The number of amides is 9. The zero-order valence-corrected chi connectivity index (χ0v) is 45.1. The van der Waals surface area contributed by atoms with Crippen molar-refractivity contribution in [2.45, 2.75) is 146 Å². The third kappa shape index (κ3) is 23.0. The lowest BCUT2D eigenvalue weighted by atomic mass is 9.97. The lowest BCUT2D eigenvalue weighted by Gasteiger charge is -2.31. The summed E-state index contributed by atoms with van der Waals surface area (Å²) >= 11 is 0. The number of carboxylic acid groups (broad SMARTS) is 1. The van der Waals surface area contributed by atoms with E-state index in [2.05, 4.69) is 52.2 Å². The van der Waals surface area contributed by atoms with Crippen LogP contribution in [0.25, 0.3) is 0 Å². The maximum absolute atomic E-state index is 14.4. The Labute approximate surface area is 448 Å². The lowest BCUT2D eigenvalue weighted by Crippen LogP contribution is -2.61. The van der Waals surface area contributed by atoms with E-state index in [9.17, 15) is 53.1 Å². The van der Waals surface area contributed by atoms with Crippen molar-refractivity contribution >= 4 is 98.6 Å². The average Bonchev–Trinajstić information content (AvgIpc) is 3.84. The Morgan fingerprint density at radius 2 is 1.05 bits per heavy atom. The Hall–Kier alpha value is -6.83. The molecule has 0 aromatic carbocycles. The molecule has 0 saturated carbocycles. The fourth-order valence-electron chi connectivity index (χ4n) is 7.79. The first-order valence-electron chi connectivity index (χ1n) is 24.9. The number of nitrogens with one attached hydrogen (secondary N) is 7. The van der Waals surface area contributed by atoms with Gasteiger partial charge < -0.3 is 93.1 Å². The van der Waals surface area contributed by atoms with Crippen molar-refractivity contribution in [2.75, 3.05) is 37.7 Å². The van der Waals surface area contributed by atoms with Gasteiger partial charge in [-0.2, -0.15) is 0 Å². The SMILES string of the molecule is CC[C@H](C)[C@@H]1NC(=O)[C@H](CC(N)=O)NC(=O)[C@H](CCCN=C(N)N)NC(=O)[C@H](C(C)C)NC(=O)[C@H](CCCN=C(N)N)NC(=O)[C@@H]2CCCN2C(=O)[C@H](CCCN=C(N)N)NC(=O)[C@@H](N)CSSC[C@@H](C(=O)O)NC1=O. The maximum Gasteiger partial charge on any atom is 0.327 e. The molecule has 32 heteroatoms. The van der Waals surface area contributed by atoms with Gasteiger partial charge in [-0.1, -0.05) is 55.7 Å². The van der Waals surface area contributed by atoms with Gasteiger partial charge in [0.05, 0.1) is 12.5 Å². The molecule has 0 spiro atoms.